The van der Waals surface area contributed by atoms with Crippen LogP contribution in [0.25, 0.3) is 5.69 Å². The summed E-state index contributed by atoms with van der Waals surface area (Å²) in [6.07, 6.45) is 3.16. The van der Waals surface area contributed by atoms with Crippen molar-refractivity contribution in [2.75, 3.05) is 0 Å². The molecule has 2 N–H and O–H groups in total. The molecule has 0 aliphatic carbocycles. The van der Waals surface area contributed by atoms with Crippen molar-refractivity contribution in [3.8, 4) is 5.69 Å². The van der Waals surface area contributed by atoms with Gasteiger partial charge in [-0.25, -0.2) is 9.67 Å². The first-order valence-electron chi connectivity index (χ1n) is 4.58. The zero-order valence-corrected chi connectivity index (χ0v) is 9.85. The summed E-state index contributed by atoms with van der Waals surface area (Å²) in [5, 5.41) is 4.07. The van der Waals surface area contributed by atoms with E-state index in [9.17, 15) is 0 Å². The summed E-state index contributed by atoms with van der Waals surface area (Å²) in [7, 11) is 0. The van der Waals surface area contributed by atoms with Gasteiger partial charge in [-0.1, -0.05) is 6.07 Å². The van der Waals surface area contributed by atoms with E-state index in [4.69, 9.17) is 5.73 Å². The Morgan fingerprint density at radius 2 is 2.27 bits per heavy atom. The Hall–Kier alpha value is -1.20. The summed E-state index contributed by atoms with van der Waals surface area (Å²) in [6, 6.07) is 6.00. The van der Waals surface area contributed by atoms with Gasteiger partial charge in [-0.3, -0.25) is 0 Å². The number of halogens is 1. The fraction of sp³-hybridized carbons (Fsp3) is 0.200. The minimum Gasteiger partial charge on any atom is -0.324 e. The Morgan fingerprint density at radius 1 is 1.47 bits per heavy atom. The molecule has 0 radical (unpaired) electrons. The van der Waals surface area contributed by atoms with Gasteiger partial charge in [0.15, 0.2) is 0 Å². The molecule has 2 aromatic rings. The van der Waals surface area contributed by atoms with Crippen molar-refractivity contribution in [3.63, 3.8) is 0 Å². The van der Waals surface area contributed by atoms with Gasteiger partial charge >= 0.3 is 0 Å². The maximum absolute atomic E-state index is 5.80. The summed E-state index contributed by atoms with van der Waals surface area (Å²) < 4.78 is 2.66. The molecule has 5 heteroatoms. The number of hydrogen-bond donors (Lipinski definition) is 1. The fourth-order valence-electron chi connectivity index (χ4n) is 1.32. The van der Waals surface area contributed by atoms with Crippen LogP contribution in [0.3, 0.4) is 0 Å². The van der Waals surface area contributed by atoms with E-state index in [-0.39, 0.29) is 6.04 Å². The number of hydrogen-bond acceptors (Lipinski definition) is 3. The van der Waals surface area contributed by atoms with Crippen molar-refractivity contribution < 1.29 is 0 Å². The Bertz CT molecular complexity index is 450. The second-order valence-electron chi connectivity index (χ2n) is 3.34. The first kappa shape index (κ1) is 10.3. The van der Waals surface area contributed by atoms with Crippen LogP contribution >= 0.6 is 15.9 Å². The fourth-order valence-corrected chi connectivity index (χ4v) is 1.90. The van der Waals surface area contributed by atoms with Crippen molar-refractivity contribution in [1.82, 2.24) is 14.8 Å². The lowest BCUT2D eigenvalue weighted by Gasteiger charge is -2.09. The van der Waals surface area contributed by atoms with Crippen molar-refractivity contribution in [3.05, 3.63) is 40.9 Å². The largest absolute Gasteiger partial charge is 0.324 e. The van der Waals surface area contributed by atoms with Crippen molar-refractivity contribution in [2.24, 2.45) is 5.73 Å². The van der Waals surface area contributed by atoms with Crippen LogP contribution in [-0.4, -0.2) is 14.8 Å². The Morgan fingerprint density at radius 3 is 2.80 bits per heavy atom. The van der Waals surface area contributed by atoms with E-state index in [0.717, 1.165) is 15.7 Å². The van der Waals surface area contributed by atoms with E-state index in [0.29, 0.717) is 0 Å². The predicted octanol–water partition coefficient (Wildman–Crippen LogP) is 2.05. The van der Waals surface area contributed by atoms with Gasteiger partial charge in [0.25, 0.3) is 0 Å². The zero-order chi connectivity index (χ0) is 10.8. The van der Waals surface area contributed by atoms with E-state index >= 15 is 0 Å². The smallest absolute Gasteiger partial charge is 0.138 e. The van der Waals surface area contributed by atoms with Crippen molar-refractivity contribution in [2.45, 2.75) is 13.0 Å². The van der Waals surface area contributed by atoms with Gasteiger partial charge in [-0.2, -0.15) is 5.10 Å². The van der Waals surface area contributed by atoms with Gasteiger partial charge < -0.3 is 5.73 Å². The summed E-state index contributed by atoms with van der Waals surface area (Å²) in [4.78, 5) is 3.90. The molecule has 0 aliphatic rings. The summed E-state index contributed by atoms with van der Waals surface area (Å²) in [5.41, 5.74) is 7.84. The molecule has 0 fully saturated rings. The van der Waals surface area contributed by atoms with E-state index in [1.165, 1.54) is 6.33 Å². The Kier molecular flexibility index (Phi) is 2.83. The maximum Gasteiger partial charge on any atom is 0.138 e. The van der Waals surface area contributed by atoms with E-state index in [1.807, 2.05) is 25.1 Å². The number of nitrogens with two attached hydrogens (primary N) is 1. The maximum atomic E-state index is 5.80. The standard InChI is InChI=1S/C10H11BrN4/c1-7(12)8-2-3-10(9(11)4-8)15-6-13-5-14-15/h2-7H,12H2,1H3/t7-/m1/s1. The molecule has 1 aromatic heterocycles. The van der Waals surface area contributed by atoms with Gasteiger partial charge in [0.2, 0.25) is 0 Å². The quantitative estimate of drug-likeness (QED) is 0.905. The number of rotatable bonds is 2. The van der Waals surface area contributed by atoms with Gasteiger partial charge in [0.1, 0.15) is 12.7 Å². The average molecular weight is 267 g/mol. The summed E-state index contributed by atoms with van der Waals surface area (Å²) in [6.45, 7) is 1.96. The highest BCUT2D eigenvalue weighted by Crippen LogP contribution is 2.23. The third-order valence-electron chi connectivity index (χ3n) is 2.16. The van der Waals surface area contributed by atoms with Crippen molar-refractivity contribution >= 4 is 15.9 Å². The molecule has 78 valence electrons. The molecule has 2 rings (SSSR count). The lowest BCUT2D eigenvalue weighted by Crippen LogP contribution is -2.05. The van der Waals surface area contributed by atoms with Crippen LogP contribution < -0.4 is 5.73 Å². The molecule has 0 amide bonds. The minimum atomic E-state index is 0.0334. The first-order valence-corrected chi connectivity index (χ1v) is 5.38. The lowest BCUT2D eigenvalue weighted by molar-refractivity contribution is 0.812. The molecule has 0 unspecified atom stereocenters. The van der Waals surface area contributed by atoms with Crippen LogP contribution in [0.2, 0.25) is 0 Å². The van der Waals surface area contributed by atoms with Crippen LogP contribution in [-0.2, 0) is 0 Å². The highest BCUT2D eigenvalue weighted by atomic mass is 79.9. The molecule has 0 bridgehead atoms. The second-order valence-corrected chi connectivity index (χ2v) is 4.19. The molecule has 0 saturated heterocycles. The molecular weight excluding hydrogens is 256 g/mol. The Balaban J connectivity index is 2.44. The van der Waals surface area contributed by atoms with Crippen LogP contribution in [0.4, 0.5) is 0 Å². The zero-order valence-electron chi connectivity index (χ0n) is 8.26. The van der Waals surface area contributed by atoms with E-state index in [2.05, 4.69) is 26.0 Å². The third-order valence-corrected chi connectivity index (χ3v) is 2.80. The summed E-state index contributed by atoms with van der Waals surface area (Å²) in [5.74, 6) is 0. The molecule has 0 aliphatic heterocycles. The normalized spacial score (nSPS) is 12.7. The summed E-state index contributed by atoms with van der Waals surface area (Å²) >= 11 is 3.49. The van der Waals surface area contributed by atoms with Crippen LogP contribution in [0.5, 0.6) is 0 Å². The Labute approximate surface area is 96.3 Å². The van der Waals surface area contributed by atoms with Gasteiger partial charge in [0.05, 0.1) is 5.69 Å². The van der Waals surface area contributed by atoms with Gasteiger partial charge in [0, 0.05) is 10.5 Å². The van der Waals surface area contributed by atoms with E-state index < -0.39 is 0 Å². The lowest BCUT2D eigenvalue weighted by atomic mass is 10.1. The molecule has 1 heterocycles. The first-order chi connectivity index (χ1) is 7.18. The molecule has 15 heavy (non-hydrogen) atoms. The van der Waals surface area contributed by atoms with Crippen molar-refractivity contribution in [1.29, 1.82) is 0 Å². The molecule has 0 spiro atoms. The van der Waals surface area contributed by atoms with Crippen LogP contribution in [0, 0.1) is 0 Å². The number of benzene rings is 1. The highest BCUT2D eigenvalue weighted by Gasteiger charge is 2.06. The molecule has 4 nitrogen and oxygen atoms in total. The predicted molar refractivity (Wildman–Crippen MR) is 61.7 cm³/mol. The topological polar surface area (TPSA) is 56.7 Å². The van der Waals surface area contributed by atoms with Crippen LogP contribution in [0.1, 0.15) is 18.5 Å². The van der Waals surface area contributed by atoms with Gasteiger partial charge in [-0.15, -0.1) is 0 Å². The number of aromatic nitrogens is 3. The average Bonchev–Trinajstić information content (AvgIpc) is 2.70. The third kappa shape index (κ3) is 2.08. The molecule has 0 saturated carbocycles. The van der Waals surface area contributed by atoms with Crippen LogP contribution in [0.15, 0.2) is 35.3 Å². The molecular formula is C10H11BrN4. The molecule has 1 atom stereocenters. The number of nitrogens with zero attached hydrogens (tertiary/aromatic N) is 3. The highest BCUT2D eigenvalue weighted by molar-refractivity contribution is 9.10. The SMILES string of the molecule is C[C@@H](N)c1ccc(-n2cncn2)c(Br)c1. The van der Waals surface area contributed by atoms with E-state index in [1.54, 1.807) is 11.0 Å². The van der Waals surface area contributed by atoms with Gasteiger partial charge in [-0.05, 0) is 40.5 Å². The second kappa shape index (κ2) is 4.12. The monoisotopic (exact) mass is 266 g/mol. The minimum absolute atomic E-state index is 0.0334. The molecule has 1 aromatic carbocycles.